The Morgan fingerprint density at radius 3 is 2.63 bits per heavy atom. The summed E-state index contributed by atoms with van der Waals surface area (Å²) in [7, 11) is 0. The molecule has 0 spiro atoms. The topological polar surface area (TPSA) is 15.7 Å². The van der Waals surface area contributed by atoms with E-state index in [-0.39, 0.29) is 0 Å². The Morgan fingerprint density at radius 1 is 1.32 bits per heavy atom. The van der Waals surface area contributed by atoms with Gasteiger partial charge in [0.2, 0.25) is 0 Å². The molecule has 0 aliphatic carbocycles. The minimum absolute atomic E-state index is 0.421. The van der Waals surface area contributed by atoms with E-state index in [9.17, 15) is 0 Å². The van der Waals surface area contributed by atoms with Gasteiger partial charge < -0.3 is 9.64 Å². The van der Waals surface area contributed by atoms with Crippen molar-refractivity contribution in [1.82, 2.24) is 9.80 Å². The van der Waals surface area contributed by atoms with Crippen LogP contribution in [0.3, 0.4) is 0 Å². The molecule has 0 aromatic rings. The van der Waals surface area contributed by atoms with Crippen LogP contribution in [-0.4, -0.2) is 61.3 Å². The fraction of sp³-hybridized carbons (Fsp3) is 1.00. The second kappa shape index (κ2) is 6.55. The van der Waals surface area contributed by atoms with Gasteiger partial charge in [0.1, 0.15) is 0 Å². The molecule has 0 aromatic carbocycles. The average molecular weight is 268 g/mol. The van der Waals surface area contributed by atoms with E-state index in [1.807, 2.05) is 0 Å². The van der Waals surface area contributed by atoms with Gasteiger partial charge in [-0.2, -0.15) is 0 Å². The van der Waals surface area contributed by atoms with Gasteiger partial charge in [-0.1, -0.05) is 20.3 Å². The maximum absolute atomic E-state index is 5.39. The number of nitrogens with zero attached hydrogens (tertiary/aromatic N) is 2. The van der Waals surface area contributed by atoms with Gasteiger partial charge in [0.15, 0.2) is 0 Å². The van der Waals surface area contributed by atoms with E-state index in [0.717, 1.165) is 19.3 Å². The first-order valence-corrected chi connectivity index (χ1v) is 8.10. The molecule has 0 aromatic heterocycles. The minimum atomic E-state index is 0.421. The van der Waals surface area contributed by atoms with Crippen LogP contribution in [0.2, 0.25) is 0 Å². The molecule has 0 saturated carbocycles. The molecule has 1 unspecified atom stereocenters. The highest BCUT2D eigenvalue weighted by Gasteiger charge is 2.36. The molecule has 2 saturated heterocycles. The normalized spacial score (nSPS) is 30.6. The zero-order valence-electron chi connectivity index (χ0n) is 13.3. The lowest BCUT2D eigenvalue weighted by atomic mass is 9.88. The Balaban J connectivity index is 1.87. The van der Waals surface area contributed by atoms with Crippen molar-refractivity contribution in [3.05, 3.63) is 0 Å². The standard InChI is InChI=1S/C16H32N2O/c1-5-7-14(2)18-9-6-8-17(10-15(18)3)11-16(4)12-19-13-16/h14-15H,5-13H2,1-4H3/t14?,15-/m0/s1. The summed E-state index contributed by atoms with van der Waals surface area (Å²) in [5, 5.41) is 0. The Kier molecular flexibility index (Phi) is 5.27. The average Bonchev–Trinajstić information content (AvgIpc) is 2.49. The Morgan fingerprint density at radius 2 is 2.05 bits per heavy atom. The van der Waals surface area contributed by atoms with Gasteiger partial charge >= 0.3 is 0 Å². The van der Waals surface area contributed by atoms with E-state index in [2.05, 4.69) is 37.5 Å². The molecule has 3 heteroatoms. The van der Waals surface area contributed by atoms with Gasteiger partial charge in [-0.25, -0.2) is 0 Å². The summed E-state index contributed by atoms with van der Waals surface area (Å²) in [5.74, 6) is 0. The highest BCUT2D eigenvalue weighted by Crippen LogP contribution is 2.28. The van der Waals surface area contributed by atoms with Gasteiger partial charge in [-0.15, -0.1) is 0 Å². The fourth-order valence-corrected chi connectivity index (χ4v) is 3.73. The Hall–Kier alpha value is -0.120. The fourth-order valence-electron chi connectivity index (χ4n) is 3.73. The van der Waals surface area contributed by atoms with Crippen LogP contribution >= 0.6 is 0 Å². The van der Waals surface area contributed by atoms with Crippen LogP contribution in [0, 0.1) is 5.41 Å². The lowest BCUT2D eigenvalue weighted by Gasteiger charge is -2.42. The zero-order chi connectivity index (χ0) is 13.9. The Bertz CT molecular complexity index is 278. The first kappa shape index (κ1) is 15.3. The predicted molar refractivity (Wildman–Crippen MR) is 80.5 cm³/mol. The van der Waals surface area contributed by atoms with Crippen molar-refractivity contribution in [3.8, 4) is 0 Å². The molecular weight excluding hydrogens is 236 g/mol. The maximum atomic E-state index is 5.39. The summed E-state index contributed by atoms with van der Waals surface area (Å²) in [6, 6.07) is 1.43. The summed E-state index contributed by atoms with van der Waals surface area (Å²) < 4.78 is 5.39. The maximum Gasteiger partial charge on any atom is 0.0554 e. The molecule has 0 radical (unpaired) electrons. The number of hydrogen-bond donors (Lipinski definition) is 0. The minimum Gasteiger partial charge on any atom is -0.380 e. The summed E-state index contributed by atoms with van der Waals surface area (Å²) in [6.07, 6.45) is 3.94. The van der Waals surface area contributed by atoms with E-state index in [1.54, 1.807) is 0 Å². The molecule has 0 bridgehead atoms. The third-order valence-corrected chi connectivity index (χ3v) is 4.76. The van der Waals surface area contributed by atoms with Crippen molar-refractivity contribution in [2.45, 2.75) is 59.0 Å². The van der Waals surface area contributed by atoms with Crippen LogP contribution in [0.5, 0.6) is 0 Å². The monoisotopic (exact) mass is 268 g/mol. The molecule has 2 aliphatic heterocycles. The van der Waals surface area contributed by atoms with Crippen molar-refractivity contribution in [2.75, 3.05) is 39.4 Å². The summed E-state index contributed by atoms with van der Waals surface area (Å²) in [6.45, 7) is 16.3. The number of ether oxygens (including phenoxy) is 1. The largest absolute Gasteiger partial charge is 0.380 e. The van der Waals surface area contributed by atoms with Crippen LogP contribution in [0.1, 0.15) is 47.0 Å². The number of hydrogen-bond acceptors (Lipinski definition) is 3. The third kappa shape index (κ3) is 3.93. The van der Waals surface area contributed by atoms with Gasteiger partial charge in [0, 0.05) is 30.6 Å². The molecule has 2 fully saturated rings. The van der Waals surface area contributed by atoms with Crippen LogP contribution in [0.15, 0.2) is 0 Å². The first-order valence-electron chi connectivity index (χ1n) is 8.10. The second-order valence-electron chi connectivity index (χ2n) is 7.12. The third-order valence-electron chi connectivity index (χ3n) is 4.76. The van der Waals surface area contributed by atoms with Crippen LogP contribution in [0.4, 0.5) is 0 Å². The molecule has 3 nitrogen and oxygen atoms in total. The molecule has 2 heterocycles. The smallest absolute Gasteiger partial charge is 0.0554 e. The van der Waals surface area contributed by atoms with E-state index in [0.29, 0.717) is 11.5 Å². The molecule has 0 amide bonds. The molecule has 0 N–H and O–H groups in total. The van der Waals surface area contributed by atoms with Crippen LogP contribution in [0.25, 0.3) is 0 Å². The highest BCUT2D eigenvalue weighted by atomic mass is 16.5. The number of rotatable bonds is 5. The van der Waals surface area contributed by atoms with E-state index < -0.39 is 0 Å². The predicted octanol–water partition coefficient (Wildman–Crippen LogP) is 2.61. The van der Waals surface area contributed by atoms with Gasteiger partial charge in [0.25, 0.3) is 0 Å². The molecule has 2 rings (SSSR count). The van der Waals surface area contributed by atoms with Crippen molar-refractivity contribution in [2.24, 2.45) is 5.41 Å². The van der Waals surface area contributed by atoms with E-state index in [4.69, 9.17) is 4.74 Å². The Labute approximate surface area is 119 Å². The lowest BCUT2D eigenvalue weighted by Crippen LogP contribution is -2.51. The second-order valence-corrected chi connectivity index (χ2v) is 7.12. The van der Waals surface area contributed by atoms with Crippen LogP contribution in [-0.2, 0) is 4.74 Å². The summed E-state index contributed by atoms with van der Waals surface area (Å²) >= 11 is 0. The van der Waals surface area contributed by atoms with Gasteiger partial charge in [-0.3, -0.25) is 4.90 Å². The van der Waals surface area contributed by atoms with Crippen molar-refractivity contribution in [3.63, 3.8) is 0 Å². The van der Waals surface area contributed by atoms with Crippen LogP contribution < -0.4 is 0 Å². The van der Waals surface area contributed by atoms with Gasteiger partial charge in [0.05, 0.1) is 13.2 Å². The van der Waals surface area contributed by atoms with Crippen molar-refractivity contribution < 1.29 is 4.74 Å². The highest BCUT2D eigenvalue weighted by molar-refractivity contribution is 4.87. The molecule has 2 atom stereocenters. The van der Waals surface area contributed by atoms with Crippen molar-refractivity contribution >= 4 is 0 Å². The molecule has 112 valence electrons. The SMILES string of the molecule is CCCC(C)N1CCCN(CC2(C)COC2)C[C@@H]1C. The van der Waals surface area contributed by atoms with E-state index >= 15 is 0 Å². The quantitative estimate of drug-likeness (QED) is 0.762. The van der Waals surface area contributed by atoms with E-state index in [1.165, 1.54) is 45.4 Å². The summed E-state index contributed by atoms with van der Waals surface area (Å²) in [5.41, 5.74) is 0.421. The lowest BCUT2D eigenvalue weighted by molar-refractivity contribution is -0.115. The molecule has 2 aliphatic rings. The molecule has 19 heavy (non-hydrogen) atoms. The zero-order valence-corrected chi connectivity index (χ0v) is 13.3. The van der Waals surface area contributed by atoms with Crippen molar-refractivity contribution in [1.29, 1.82) is 0 Å². The van der Waals surface area contributed by atoms with Gasteiger partial charge in [-0.05, 0) is 39.8 Å². The summed E-state index contributed by atoms with van der Waals surface area (Å²) in [4.78, 5) is 5.40. The first-order chi connectivity index (χ1) is 9.04. The molecular formula is C16H32N2O.